The summed E-state index contributed by atoms with van der Waals surface area (Å²) >= 11 is 0. The molecule has 0 fully saturated rings. The smallest absolute Gasteiger partial charge is 0.123 e. The monoisotopic (exact) mass is 249 g/mol. The lowest BCUT2D eigenvalue weighted by Gasteiger charge is -2.12. The van der Waals surface area contributed by atoms with E-state index in [2.05, 4.69) is 18.8 Å². The van der Waals surface area contributed by atoms with Gasteiger partial charge in [-0.2, -0.15) is 0 Å². The summed E-state index contributed by atoms with van der Waals surface area (Å²) in [5.74, 6) is 0.836. The Morgan fingerprint density at radius 2 is 2.17 bits per heavy atom. The summed E-state index contributed by atoms with van der Waals surface area (Å²) < 4.78 is 5.73. The number of ether oxygens (including phenoxy) is 1. The van der Waals surface area contributed by atoms with Gasteiger partial charge in [-0.25, -0.2) is 0 Å². The van der Waals surface area contributed by atoms with Crippen molar-refractivity contribution in [1.82, 2.24) is 5.32 Å². The van der Waals surface area contributed by atoms with Gasteiger partial charge in [0.25, 0.3) is 0 Å². The molecule has 0 bridgehead atoms. The summed E-state index contributed by atoms with van der Waals surface area (Å²) in [6, 6.07) is 7.80. The fraction of sp³-hybridized carbons (Fsp3) is 0.467. The average molecular weight is 249 g/mol. The molecule has 0 aromatic heterocycles. The van der Waals surface area contributed by atoms with Crippen LogP contribution >= 0.6 is 0 Å². The molecule has 1 aromatic carbocycles. The van der Waals surface area contributed by atoms with Crippen LogP contribution in [0.3, 0.4) is 0 Å². The minimum atomic E-state index is 0.138. The highest BCUT2D eigenvalue weighted by Crippen LogP contribution is 2.18. The third kappa shape index (κ3) is 5.34. The third-order valence-electron chi connectivity index (χ3n) is 2.59. The van der Waals surface area contributed by atoms with Gasteiger partial charge in [-0.15, -0.1) is 0 Å². The molecule has 1 rings (SSSR count). The maximum atomic E-state index is 8.98. The molecular formula is C15H23NO2. The van der Waals surface area contributed by atoms with Crippen LogP contribution in [0.15, 0.2) is 36.4 Å². The molecule has 2 N–H and O–H groups in total. The Bertz CT molecular complexity index is 363. The van der Waals surface area contributed by atoms with E-state index in [-0.39, 0.29) is 6.61 Å². The molecule has 0 saturated heterocycles. The van der Waals surface area contributed by atoms with Gasteiger partial charge in [0.05, 0.1) is 0 Å². The molecule has 1 aromatic rings. The van der Waals surface area contributed by atoms with E-state index in [4.69, 9.17) is 9.84 Å². The van der Waals surface area contributed by atoms with Crippen molar-refractivity contribution < 1.29 is 9.84 Å². The molecule has 0 aliphatic heterocycles. The van der Waals surface area contributed by atoms with Crippen LogP contribution in [0.5, 0.6) is 5.75 Å². The highest BCUT2D eigenvalue weighted by molar-refractivity contribution is 5.33. The van der Waals surface area contributed by atoms with Crippen molar-refractivity contribution in [3.05, 3.63) is 42.0 Å². The predicted molar refractivity (Wildman–Crippen MR) is 75.0 cm³/mol. The van der Waals surface area contributed by atoms with Crippen molar-refractivity contribution in [2.45, 2.75) is 19.8 Å². The van der Waals surface area contributed by atoms with Crippen LogP contribution < -0.4 is 10.1 Å². The summed E-state index contributed by atoms with van der Waals surface area (Å²) in [4.78, 5) is 0. The van der Waals surface area contributed by atoms with Crippen LogP contribution in [0, 0.1) is 0 Å². The molecular weight excluding hydrogens is 226 g/mol. The van der Waals surface area contributed by atoms with Crippen molar-refractivity contribution in [3.8, 4) is 5.75 Å². The molecule has 0 saturated carbocycles. The number of aliphatic hydroxyl groups excluding tert-OH is 1. The van der Waals surface area contributed by atoms with Crippen molar-refractivity contribution in [3.63, 3.8) is 0 Å². The van der Waals surface area contributed by atoms with Gasteiger partial charge in [-0.1, -0.05) is 31.7 Å². The predicted octanol–water partition coefficient (Wildman–Crippen LogP) is 2.16. The van der Waals surface area contributed by atoms with Crippen LogP contribution in [-0.2, 0) is 6.42 Å². The molecule has 0 aliphatic rings. The van der Waals surface area contributed by atoms with Gasteiger partial charge in [0.2, 0.25) is 0 Å². The first-order valence-corrected chi connectivity index (χ1v) is 6.46. The quantitative estimate of drug-likeness (QED) is 0.520. The standard InChI is InChI=1S/C15H23NO2/c1-3-9-16-11-13(2)12-18-15-7-5-4-6-14(15)8-10-17/h4-7,16-17H,2-3,8-12H2,1H3. The molecule has 3 nitrogen and oxygen atoms in total. The molecule has 0 unspecified atom stereocenters. The molecule has 0 aliphatic carbocycles. The van der Waals surface area contributed by atoms with E-state index in [1.807, 2.05) is 24.3 Å². The van der Waals surface area contributed by atoms with E-state index >= 15 is 0 Å². The lowest BCUT2D eigenvalue weighted by Crippen LogP contribution is -2.20. The first kappa shape index (κ1) is 14.7. The number of rotatable bonds is 9. The zero-order valence-corrected chi connectivity index (χ0v) is 11.1. The molecule has 0 spiro atoms. The average Bonchev–Trinajstić information content (AvgIpc) is 2.38. The summed E-state index contributed by atoms with van der Waals surface area (Å²) in [6.07, 6.45) is 1.74. The van der Waals surface area contributed by atoms with Crippen LogP contribution in [0.25, 0.3) is 0 Å². The van der Waals surface area contributed by atoms with Crippen molar-refractivity contribution in [2.75, 3.05) is 26.3 Å². The highest BCUT2D eigenvalue weighted by atomic mass is 16.5. The second-order valence-corrected chi connectivity index (χ2v) is 4.30. The van der Waals surface area contributed by atoms with Gasteiger partial charge in [0.1, 0.15) is 12.4 Å². The lowest BCUT2D eigenvalue weighted by atomic mass is 10.1. The summed E-state index contributed by atoms with van der Waals surface area (Å²) in [6.45, 7) is 8.56. The van der Waals surface area contributed by atoms with Crippen LogP contribution in [0.1, 0.15) is 18.9 Å². The number of para-hydroxylation sites is 1. The minimum Gasteiger partial charge on any atom is -0.489 e. The van der Waals surface area contributed by atoms with E-state index < -0.39 is 0 Å². The Morgan fingerprint density at radius 1 is 1.39 bits per heavy atom. The van der Waals surface area contributed by atoms with E-state index in [0.717, 1.165) is 36.4 Å². The molecule has 0 heterocycles. The van der Waals surface area contributed by atoms with Gasteiger partial charge >= 0.3 is 0 Å². The molecule has 18 heavy (non-hydrogen) atoms. The molecule has 0 amide bonds. The van der Waals surface area contributed by atoms with Gasteiger partial charge < -0.3 is 15.2 Å². The zero-order valence-electron chi connectivity index (χ0n) is 11.1. The summed E-state index contributed by atoms with van der Waals surface area (Å²) in [5.41, 5.74) is 2.07. The first-order valence-electron chi connectivity index (χ1n) is 6.46. The fourth-order valence-electron chi connectivity index (χ4n) is 1.64. The first-order chi connectivity index (χ1) is 8.77. The zero-order chi connectivity index (χ0) is 13.2. The fourth-order valence-corrected chi connectivity index (χ4v) is 1.64. The Hall–Kier alpha value is -1.32. The van der Waals surface area contributed by atoms with Crippen molar-refractivity contribution >= 4 is 0 Å². The number of benzene rings is 1. The Labute approximate surface area is 109 Å². The van der Waals surface area contributed by atoms with E-state index in [0.29, 0.717) is 13.0 Å². The SMILES string of the molecule is C=C(CNCCC)COc1ccccc1CCO. The minimum absolute atomic E-state index is 0.138. The normalized spacial score (nSPS) is 10.3. The maximum Gasteiger partial charge on any atom is 0.123 e. The summed E-state index contributed by atoms with van der Waals surface area (Å²) in [7, 11) is 0. The van der Waals surface area contributed by atoms with Gasteiger partial charge in [-0.3, -0.25) is 0 Å². The van der Waals surface area contributed by atoms with Crippen LogP contribution in [0.2, 0.25) is 0 Å². The van der Waals surface area contributed by atoms with Gasteiger partial charge in [-0.05, 0) is 36.6 Å². The lowest BCUT2D eigenvalue weighted by molar-refractivity contribution is 0.293. The topological polar surface area (TPSA) is 41.5 Å². The molecule has 3 heteroatoms. The van der Waals surface area contributed by atoms with E-state index in [1.165, 1.54) is 0 Å². The van der Waals surface area contributed by atoms with Crippen LogP contribution in [-0.4, -0.2) is 31.4 Å². The maximum absolute atomic E-state index is 8.98. The molecule has 0 radical (unpaired) electrons. The number of hydrogen-bond donors (Lipinski definition) is 2. The third-order valence-corrected chi connectivity index (χ3v) is 2.59. The van der Waals surface area contributed by atoms with Gasteiger partial charge in [0.15, 0.2) is 0 Å². The van der Waals surface area contributed by atoms with Crippen LogP contribution in [0.4, 0.5) is 0 Å². The largest absolute Gasteiger partial charge is 0.489 e. The summed E-state index contributed by atoms with van der Waals surface area (Å²) in [5, 5.41) is 12.3. The second-order valence-electron chi connectivity index (χ2n) is 4.30. The second kappa shape index (κ2) is 8.72. The Kier molecular flexibility index (Phi) is 7.14. The van der Waals surface area contributed by atoms with Gasteiger partial charge in [0, 0.05) is 13.2 Å². The Balaban J connectivity index is 2.40. The molecule has 100 valence electrons. The Morgan fingerprint density at radius 3 is 2.89 bits per heavy atom. The number of hydrogen-bond acceptors (Lipinski definition) is 3. The van der Waals surface area contributed by atoms with E-state index in [1.54, 1.807) is 0 Å². The molecule has 0 atom stereocenters. The van der Waals surface area contributed by atoms with E-state index in [9.17, 15) is 0 Å². The van der Waals surface area contributed by atoms with Crippen molar-refractivity contribution in [2.24, 2.45) is 0 Å². The number of aliphatic hydroxyl groups is 1. The highest BCUT2D eigenvalue weighted by Gasteiger charge is 2.03. The number of nitrogens with one attached hydrogen (secondary N) is 1. The van der Waals surface area contributed by atoms with Crippen molar-refractivity contribution in [1.29, 1.82) is 0 Å².